The molecule has 1 aliphatic carbocycles. The minimum atomic E-state index is -0.635. The van der Waals surface area contributed by atoms with Crippen LogP contribution in [0.2, 0.25) is 0 Å². The molecule has 1 aliphatic heterocycles. The summed E-state index contributed by atoms with van der Waals surface area (Å²) in [5, 5.41) is 0. The van der Waals surface area contributed by atoms with Gasteiger partial charge < -0.3 is 15.4 Å². The number of likely N-dealkylation sites (tertiary alicyclic amines) is 1. The van der Waals surface area contributed by atoms with Gasteiger partial charge in [0.1, 0.15) is 11.9 Å². The fourth-order valence-electron chi connectivity index (χ4n) is 4.38. The summed E-state index contributed by atoms with van der Waals surface area (Å²) in [6.07, 6.45) is 8.08. The van der Waals surface area contributed by atoms with Gasteiger partial charge in [-0.1, -0.05) is 12.8 Å². The van der Waals surface area contributed by atoms with Gasteiger partial charge in [0.05, 0.1) is 0 Å². The molecule has 2 fully saturated rings. The zero-order chi connectivity index (χ0) is 19.2. The molecule has 1 aromatic carbocycles. The van der Waals surface area contributed by atoms with Gasteiger partial charge in [0.15, 0.2) is 11.6 Å². The van der Waals surface area contributed by atoms with Gasteiger partial charge in [-0.15, -0.1) is 0 Å². The molecule has 2 aliphatic rings. The molecule has 0 bridgehead atoms. The molecule has 0 unspecified atom stereocenters. The van der Waals surface area contributed by atoms with Crippen LogP contribution >= 0.6 is 0 Å². The van der Waals surface area contributed by atoms with Crippen molar-refractivity contribution in [1.29, 1.82) is 0 Å². The third-order valence-corrected chi connectivity index (χ3v) is 6.03. The van der Waals surface area contributed by atoms with E-state index in [4.69, 9.17) is 10.5 Å². The molecule has 0 atom stereocenters. The lowest BCUT2D eigenvalue weighted by Crippen LogP contribution is -2.39. The molecule has 3 rings (SSSR count). The van der Waals surface area contributed by atoms with Crippen molar-refractivity contribution in [3.63, 3.8) is 0 Å². The Kier molecular flexibility index (Phi) is 7.05. The quantitative estimate of drug-likeness (QED) is 0.781. The summed E-state index contributed by atoms with van der Waals surface area (Å²) in [4.78, 5) is 13.5. The number of primary amides is 1. The lowest BCUT2D eigenvalue weighted by molar-refractivity contribution is -0.119. The van der Waals surface area contributed by atoms with Gasteiger partial charge in [-0.2, -0.15) is 0 Å². The second-order valence-electron chi connectivity index (χ2n) is 8.08. The number of rotatable bonds is 7. The summed E-state index contributed by atoms with van der Waals surface area (Å²) >= 11 is 0. The highest BCUT2D eigenvalue weighted by Crippen LogP contribution is 2.33. The molecule has 1 saturated heterocycles. The van der Waals surface area contributed by atoms with E-state index in [1.54, 1.807) is 0 Å². The SMILES string of the molecule is NC(=O)CC1CCC(CCN2CCC(Oc3ccc(F)cc3F)CC2)CC1. The van der Waals surface area contributed by atoms with Crippen molar-refractivity contribution < 1.29 is 18.3 Å². The smallest absolute Gasteiger partial charge is 0.217 e. The van der Waals surface area contributed by atoms with Crippen LogP contribution in [0.3, 0.4) is 0 Å². The highest BCUT2D eigenvalue weighted by atomic mass is 19.1. The van der Waals surface area contributed by atoms with Gasteiger partial charge in [-0.05, 0) is 62.6 Å². The molecule has 0 radical (unpaired) electrons. The van der Waals surface area contributed by atoms with Crippen molar-refractivity contribution in [2.24, 2.45) is 17.6 Å². The maximum atomic E-state index is 13.7. The Balaban J connectivity index is 1.33. The molecule has 1 saturated carbocycles. The van der Waals surface area contributed by atoms with E-state index in [0.29, 0.717) is 12.3 Å². The van der Waals surface area contributed by atoms with Crippen LogP contribution in [0.25, 0.3) is 0 Å². The average Bonchev–Trinajstić information content (AvgIpc) is 2.64. The van der Waals surface area contributed by atoms with E-state index >= 15 is 0 Å². The fourth-order valence-corrected chi connectivity index (χ4v) is 4.38. The van der Waals surface area contributed by atoms with Crippen molar-refractivity contribution in [2.45, 2.75) is 57.5 Å². The van der Waals surface area contributed by atoms with Crippen molar-refractivity contribution >= 4 is 5.91 Å². The molecule has 1 heterocycles. The topological polar surface area (TPSA) is 55.6 Å². The van der Waals surface area contributed by atoms with E-state index in [0.717, 1.165) is 57.3 Å². The number of carbonyl (C=O) groups excluding carboxylic acids is 1. The van der Waals surface area contributed by atoms with E-state index in [9.17, 15) is 13.6 Å². The molecule has 27 heavy (non-hydrogen) atoms. The summed E-state index contributed by atoms with van der Waals surface area (Å²) < 4.78 is 32.4. The van der Waals surface area contributed by atoms with Crippen molar-refractivity contribution in [2.75, 3.05) is 19.6 Å². The van der Waals surface area contributed by atoms with E-state index in [2.05, 4.69) is 4.90 Å². The highest BCUT2D eigenvalue weighted by molar-refractivity contribution is 5.73. The first kappa shape index (κ1) is 20.1. The second kappa shape index (κ2) is 9.49. The normalized spacial score (nSPS) is 24.7. The van der Waals surface area contributed by atoms with Gasteiger partial charge >= 0.3 is 0 Å². The Morgan fingerprint density at radius 3 is 2.37 bits per heavy atom. The van der Waals surface area contributed by atoms with Crippen molar-refractivity contribution in [3.05, 3.63) is 29.8 Å². The molecule has 4 nitrogen and oxygen atoms in total. The number of amides is 1. The summed E-state index contributed by atoms with van der Waals surface area (Å²) in [5.74, 6) is -0.0239. The number of nitrogens with two attached hydrogens (primary N) is 1. The zero-order valence-electron chi connectivity index (χ0n) is 15.8. The van der Waals surface area contributed by atoms with Crippen LogP contribution < -0.4 is 10.5 Å². The Morgan fingerprint density at radius 2 is 1.74 bits per heavy atom. The number of nitrogens with zero attached hydrogens (tertiary/aromatic N) is 1. The van der Waals surface area contributed by atoms with E-state index in [1.165, 1.54) is 31.4 Å². The first-order valence-corrected chi connectivity index (χ1v) is 10.1. The first-order chi connectivity index (χ1) is 13.0. The molecular formula is C21H30F2N2O2. The predicted octanol–water partition coefficient (Wildman–Crippen LogP) is 3.88. The summed E-state index contributed by atoms with van der Waals surface area (Å²) in [7, 11) is 0. The van der Waals surface area contributed by atoms with Crippen LogP contribution in [-0.2, 0) is 4.79 Å². The number of hydrogen-bond acceptors (Lipinski definition) is 3. The van der Waals surface area contributed by atoms with Crippen LogP contribution in [0.5, 0.6) is 5.75 Å². The molecule has 6 heteroatoms. The molecule has 1 amide bonds. The van der Waals surface area contributed by atoms with E-state index in [1.807, 2.05) is 0 Å². The Morgan fingerprint density at radius 1 is 1.07 bits per heavy atom. The number of halogens is 2. The number of hydrogen-bond donors (Lipinski definition) is 1. The number of benzene rings is 1. The van der Waals surface area contributed by atoms with Crippen LogP contribution in [-0.4, -0.2) is 36.5 Å². The average molecular weight is 380 g/mol. The highest BCUT2D eigenvalue weighted by Gasteiger charge is 2.25. The second-order valence-corrected chi connectivity index (χ2v) is 8.08. The zero-order valence-corrected chi connectivity index (χ0v) is 15.8. The number of piperidine rings is 1. The van der Waals surface area contributed by atoms with Gasteiger partial charge in [-0.25, -0.2) is 8.78 Å². The largest absolute Gasteiger partial charge is 0.487 e. The molecule has 2 N–H and O–H groups in total. The Hall–Kier alpha value is -1.69. The van der Waals surface area contributed by atoms with E-state index < -0.39 is 11.6 Å². The number of ether oxygens (including phenoxy) is 1. The molecule has 150 valence electrons. The van der Waals surface area contributed by atoms with Crippen LogP contribution in [0, 0.1) is 23.5 Å². The van der Waals surface area contributed by atoms with Crippen molar-refractivity contribution in [1.82, 2.24) is 4.90 Å². The minimum Gasteiger partial charge on any atom is -0.487 e. The van der Waals surface area contributed by atoms with Gasteiger partial charge in [0.25, 0.3) is 0 Å². The third-order valence-electron chi connectivity index (χ3n) is 6.03. The molecule has 0 aromatic heterocycles. The summed E-state index contributed by atoms with van der Waals surface area (Å²) in [5.41, 5.74) is 5.30. The van der Waals surface area contributed by atoms with Gasteiger partial charge in [0, 0.05) is 25.6 Å². The predicted molar refractivity (Wildman–Crippen MR) is 100 cm³/mol. The minimum absolute atomic E-state index is 0.00884. The Bertz CT molecular complexity index is 625. The lowest BCUT2D eigenvalue weighted by Gasteiger charge is -2.34. The van der Waals surface area contributed by atoms with E-state index in [-0.39, 0.29) is 17.8 Å². The van der Waals surface area contributed by atoms with Crippen molar-refractivity contribution in [3.8, 4) is 5.75 Å². The maximum Gasteiger partial charge on any atom is 0.217 e. The molecular weight excluding hydrogens is 350 g/mol. The Labute approximate surface area is 160 Å². The maximum absolute atomic E-state index is 13.7. The van der Waals surface area contributed by atoms with Gasteiger partial charge in [-0.3, -0.25) is 4.79 Å². The molecule has 0 spiro atoms. The third kappa shape index (κ3) is 6.16. The van der Waals surface area contributed by atoms with Gasteiger partial charge in [0.2, 0.25) is 5.91 Å². The monoisotopic (exact) mass is 380 g/mol. The number of carbonyl (C=O) groups is 1. The summed E-state index contributed by atoms with van der Waals surface area (Å²) in [6, 6.07) is 3.46. The summed E-state index contributed by atoms with van der Waals surface area (Å²) in [6.45, 7) is 2.98. The fraction of sp³-hybridized carbons (Fsp3) is 0.667. The molecule has 1 aromatic rings. The van der Waals surface area contributed by atoms with Crippen LogP contribution in [0.4, 0.5) is 8.78 Å². The first-order valence-electron chi connectivity index (χ1n) is 10.1. The van der Waals surface area contributed by atoms with Crippen LogP contribution in [0.15, 0.2) is 18.2 Å². The van der Waals surface area contributed by atoms with Crippen LogP contribution in [0.1, 0.15) is 51.4 Å². The standard InChI is InChI=1S/C21H30F2N2O2/c22-17-5-6-20(19(23)14-17)27-18-8-11-25(12-9-18)10-7-15-1-3-16(4-2-15)13-21(24)26/h5-6,14-16,18H,1-4,7-13H2,(H2,24,26). The lowest BCUT2D eigenvalue weighted by atomic mass is 9.79.